The van der Waals surface area contributed by atoms with Gasteiger partial charge in [-0.25, -0.2) is 0 Å². The van der Waals surface area contributed by atoms with E-state index in [2.05, 4.69) is 26.8 Å². The second-order valence-corrected chi connectivity index (χ2v) is 6.01. The highest BCUT2D eigenvalue weighted by Crippen LogP contribution is 2.31. The Morgan fingerprint density at radius 2 is 2.04 bits per heavy atom. The number of terminal acetylenes is 1. The number of hydrogen-bond donors (Lipinski definition) is 0. The predicted octanol–water partition coefficient (Wildman–Crippen LogP) is 2.91. The van der Waals surface area contributed by atoms with E-state index in [0.29, 0.717) is 10.6 Å². The van der Waals surface area contributed by atoms with Crippen molar-refractivity contribution in [1.29, 1.82) is 5.26 Å². The smallest absolute Gasteiger partial charge is 0.103 e. The number of piperazine rings is 1. The average molecular weight is 325 g/mol. The Bertz CT molecular complexity index is 795. The molecule has 1 aliphatic rings. The quantitative estimate of drug-likeness (QED) is 0.814. The minimum Gasteiger partial charge on any atom is -0.367 e. The lowest BCUT2D eigenvalue weighted by Crippen LogP contribution is -2.46. The molecule has 2 heterocycles. The van der Waals surface area contributed by atoms with Crippen molar-refractivity contribution in [3.05, 3.63) is 35.0 Å². The number of hydrogen-bond acceptors (Lipinski definition) is 4. The van der Waals surface area contributed by atoms with Crippen LogP contribution in [-0.2, 0) is 0 Å². The fourth-order valence-electron chi connectivity index (χ4n) is 2.99. The van der Waals surface area contributed by atoms with Gasteiger partial charge in [-0.1, -0.05) is 11.6 Å². The maximum atomic E-state index is 9.46. The van der Waals surface area contributed by atoms with Crippen LogP contribution in [0.25, 0.3) is 10.9 Å². The zero-order valence-corrected chi connectivity index (χ0v) is 13.6. The molecular formula is C18H17ClN4. The summed E-state index contributed by atoms with van der Waals surface area (Å²) in [4.78, 5) is 8.98. The van der Waals surface area contributed by atoms with E-state index in [0.717, 1.165) is 55.7 Å². The van der Waals surface area contributed by atoms with Crippen molar-refractivity contribution in [1.82, 2.24) is 9.88 Å². The largest absolute Gasteiger partial charge is 0.367 e. The van der Waals surface area contributed by atoms with Gasteiger partial charge in [-0.3, -0.25) is 9.88 Å². The summed E-state index contributed by atoms with van der Waals surface area (Å²) in [6.45, 7) is 4.54. The zero-order valence-electron chi connectivity index (χ0n) is 12.8. The summed E-state index contributed by atoms with van der Waals surface area (Å²) in [6, 6.07) is 7.87. The van der Waals surface area contributed by atoms with Crippen LogP contribution in [0.3, 0.4) is 0 Å². The van der Waals surface area contributed by atoms with E-state index < -0.39 is 0 Å². The van der Waals surface area contributed by atoms with Crippen LogP contribution in [-0.4, -0.2) is 42.6 Å². The molecular weight excluding hydrogens is 308 g/mol. The van der Waals surface area contributed by atoms with Crippen LogP contribution in [0.4, 0.5) is 5.69 Å². The molecule has 1 saturated heterocycles. The third-order valence-electron chi connectivity index (χ3n) is 4.18. The van der Waals surface area contributed by atoms with E-state index in [1.807, 2.05) is 18.2 Å². The van der Waals surface area contributed by atoms with Crippen LogP contribution < -0.4 is 4.90 Å². The molecule has 2 aromatic rings. The number of pyridine rings is 1. The molecule has 1 aromatic heterocycles. The number of nitrogens with zero attached hydrogens (tertiary/aromatic N) is 4. The van der Waals surface area contributed by atoms with Crippen LogP contribution in [0.5, 0.6) is 0 Å². The third kappa shape index (κ3) is 3.24. The summed E-state index contributed by atoms with van der Waals surface area (Å²) in [5.74, 6) is 2.69. The number of fused-ring (bicyclic) bond motifs is 1. The summed E-state index contributed by atoms with van der Waals surface area (Å²) in [5, 5.41) is 11.1. The molecule has 0 spiro atoms. The van der Waals surface area contributed by atoms with Crippen molar-refractivity contribution in [2.75, 3.05) is 37.6 Å². The zero-order chi connectivity index (χ0) is 16.2. The van der Waals surface area contributed by atoms with Gasteiger partial charge >= 0.3 is 0 Å². The monoisotopic (exact) mass is 324 g/mol. The van der Waals surface area contributed by atoms with Gasteiger partial charge in [0.25, 0.3) is 0 Å². The van der Waals surface area contributed by atoms with Crippen molar-refractivity contribution in [3.63, 3.8) is 0 Å². The average Bonchev–Trinajstić information content (AvgIpc) is 2.59. The van der Waals surface area contributed by atoms with Crippen molar-refractivity contribution >= 4 is 28.2 Å². The van der Waals surface area contributed by atoms with Crippen LogP contribution in [0.1, 0.15) is 12.0 Å². The van der Waals surface area contributed by atoms with Gasteiger partial charge in [-0.2, -0.15) is 5.26 Å². The van der Waals surface area contributed by atoms with Gasteiger partial charge in [0.05, 0.1) is 16.8 Å². The van der Waals surface area contributed by atoms with Gasteiger partial charge in [-0.15, -0.1) is 12.3 Å². The highest BCUT2D eigenvalue weighted by atomic mass is 35.5. The molecule has 4 nitrogen and oxygen atoms in total. The molecule has 3 rings (SSSR count). The van der Waals surface area contributed by atoms with Crippen LogP contribution in [0.15, 0.2) is 24.4 Å². The van der Waals surface area contributed by atoms with E-state index in [-0.39, 0.29) is 0 Å². The van der Waals surface area contributed by atoms with Crippen molar-refractivity contribution in [3.8, 4) is 18.4 Å². The summed E-state index contributed by atoms with van der Waals surface area (Å²) in [7, 11) is 0. The first-order valence-electron chi connectivity index (χ1n) is 7.62. The highest BCUT2D eigenvalue weighted by Gasteiger charge is 2.21. The molecule has 0 radical (unpaired) electrons. The Balaban J connectivity index is 1.92. The van der Waals surface area contributed by atoms with Crippen LogP contribution >= 0.6 is 11.6 Å². The van der Waals surface area contributed by atoms with Gasteiger partial charge in [0.15, 0.2) is 0 Å². The standard InChI is InChI=1S/C18H17ClN4/c1-2-3-6-22-7-9-23(10-8-22)18-14(12-20)13-21-17-5-4-15(19)11-16(17)18/h1,4-5,11,13H,3,6-10H2. The van der Waals surface area contributed by atoms with E-state index in [9.17, 15) is 5.26 Å². The molecule has 23 heavy (non-hydrogen) atoms. The molecule has 0 aliphatic carbocycles. The Labute approximate surface area is 141 Å². The summed E-state index contributed by atoms with van der Waals surface area (Å²) in [6.07, 6.45) is 7.76. The molecule has 0 bridgehead atoms. The SMILES string of the molecule is C#CCCN1CCN(c2c(C#N)cnc3ccc(Cl)cc23)CC1. The molecule has 1 aliphatic heterocycles. The number of benzene rings is 1. The first kappa shape index (κ1) is 15.6. The van der Waals surface area contributed by atoms with Crippen molar-refractivity contribution in [2.24, 2.45) is 0 Å². The number of halogens is 1. The molecule has 116 valence electrons. The second-order valence-electron chi connectivity index (χ2n) is 5.58. The normalized spacial score (nSPS) is 15.3. The Hall–Kier alpha value is -2.27. The van der Waals surface area contributed by atoms with Gasteiger partial charge < -0.3 is 4.90 Å². The van der Waals surface area contributed by atoms with Gasteiger partial charge in [0.2, 0.25) is 0 Å². The molecule has 5 heteroatoms. The topological polar surface area (TPSA) is 43.2 Å². The van der Waals surface area contributed by atoms with E-state index in [1.165, 1.54) is 0 Å². The Morgan fingerprint density at radius 3 is 2.74 bits per heavy atom. The van der Waals surface area contributed by atoms with E-state index >= 15 is 0 Å². The molecule has 0 atom stereocenters. The fraction of sp³-hybridized carbons (Fsp3) is 0.333. The van der Waals surface area contributed by atoms with E-state index in [4.69, 9.17) is 18.0 Å². The second kappa shape index (κ2) is 6.87. The van der Waals surface area contributed by atoms with Crippen LogP contribution in [0.2, 0.25) is 5.02 Å². The first-order chi connectivity index (χ1) is 11.2. The molecule has 0 saturated carbocycles. The molecule has 0 N–H and O–H groups in total. The van der Waals surface area contributed by atoms with Crippen molar-refractivity contribution in [2.45, 2.75) is 6.42 Å². The van der Waals surface area contributed by atoms with E-state index in [1.54, 1.807) is 6.20 Å². The molecule has 0 amide bonds. The maximum absolute atomic E-state index is 9.46. The summed E-state index contributed by atoms with van der Waals surface area (Å²) in [5.41, 5.74) is 2.40. The lowest BCUT2D eigenvalue weighted by molar-refractivity contribution is 0.264. The summed E-state index contributed by atoms with van der Waals surface area (Å²) >= 11 is 6.15. The number of aromatic nitrogens is 1. The predicted molar refractivity (Wildman–Crippen MR) is 93.6 cm³/mol. The maximum Gasteiger partial charge on any atom is 0.103 e. The molecule has 1 aromatic carbocycles. The minimum absolute atomic E-state index is 0.594. The molecule has 0 unspecified atom stereocenters. The number of rotatable bonds is 3. The number of nitriles is 1. The molecule has 1 fully saturated rings. The third-order valence-corrected chi connectivity index (χ3v) is 4.42. The minimum atomic E-state index is 0.594. The lowest BCUT2D eigenvalue weighted by Gasteiger charge is -2.36. The first-order valence-corrected chi connectivity index (χ1v) is 8.00. The summed E-state index contributed by atoms with van der Waals surface area (Å²) < 4.78 is 0. The number of anilines is 1. The van der Waals surface area contributed by atoms with Gasteiger partial charge in [-0.05, 0) is 18.2 Å². The Morgan fingerprint density at radius 1 is 1.26 bits per heavy atom. The fourth-order valence-corrected chi connectivity index (χ4v) is 3.16. The van der Waals surface area contributed by atoms with Gasteiger partial charge in [0.1, 0.15) is 6.07 Å². The highest BCUT2D eigenvalue weighted by molar-refractivity contribution is 6.31. The van der Waals surface area contributed by atoms with Gasteiger partial charge in [0, 0.05) is 55.8 Å². The Kier molecular flexibility index (Phi) is 4.67. The van der Waals surface area contributed by atoms with Crippen LogP contribution in [0, 0.1) is 23.7 Å². The van der Waals surface area contributed by atoms with Crippen molar-refractivity contribution < 1.29 is 0 Å². The lowest BCUT2D eigenvalue weighted by atomic mass is 10.1.